The van der Waals surface area contributed by atoms with Gasteiger partial charge < -0.3 is 19.6 Å². The smallest absolute Gasteiger partial charge is 0.326 e. The third-order valence-corrected chi connectivity index (χ3v) is 5.79. The second-order valence-electron chi connectivity index (χ2n) is 7.50. The van der Waals surface area contributed by atoms with Gasteiger partial charge in [-0.15, -0.1) is 11.3 Å². The lowest BCUT2D eigenvalue weighted by Gasteiger charge is -2.18. The molecule has 0 aliphatic rings. The van der Waals surface area contributed by atoms with Gasteiger partial charge in [0.15, 0.2) is 6.61 Å². The third kappa shape index (κ3) is 4.93. The first-order valence-corrected chi connectivity index (χ1v) is 10.7. The third-order valence-electron chi connectivity index (χ3n) is 4.79. The first kappa shape index (κ1) is 22.5. The number of rotatable bonds is 8. The predicted molar refractivity (Wildman–Crippen MR) is 118 cm³/mol. The van der Waals surface area contributed by atoms with E-state index in [0.29, 0.717) is 33.7 Å². The number of amides is 1. The van der Waals surface area contributed by atoms with E-state index in [1.807, 2.05) is 19.2 Å². The molecule has 3 rings (SSSR count). The second kappa shape index (κ2) is 9.30. The number of hydrogen-bond donors (Lipinski definition) is 2. The summed E-state index contributed by atoms with van der Waals surface area (Å²) in [7, 11) is 0. The zero-order valence-corrected chi connectivity index (χ0v) is 18.5. The highest BCUT2D eigenvalue weighted by molar-refractivity contribution is 7.13. The summed E-state index contributed by atoms with van der Waals surface area (Å²) in [6.07, 6.45) is 1.95. The van der Waals surface area contributed by atoms with E-state index in [4.69, 9.17) is 9.15 Å². The molecule has 0 radical (unpaired) electrons. The Balaban J connectivity index is 1.86. The van der Waals surface area contributed by atoms with Crippen LogP contribution in [0.5, 0.6) is 5.75 Å². The molecule has 1 amide bonds. The Hall–Kier alpha value is -3.20. The molecular weight excluding hydrogens is 420 g/mol. The van der Waals surface area contributed by atoms with Crippen LogP contribution in [-0.2, 0) is 16.0 Å². The first-order chi connectivity index (χ1) is 14.7. The maximum absolute atomic E-state index is 13.0. The fourth-order valence-corrected chi connectivity index (χ4v) is 3.91. The van der Waals surface area contributed by atoms with Crippen LogP contribution in [0.2, 0.25) is 0 Å². The van der Waals surface area contributed by atoms with Crippen molar-refractivity contribution >= 4 is 34.2 Å². The van der Waals surface area contributed by atoms with Crippen LogP contribution in [-0.4, -0.2) is 34.6 Å². The number of aromatic nitrogens is 1. The highest BCUT2D eigenvalue weighted by atomic mass is 32.1. The van der Waals surface area contributed by atoms with E-state index >= 15 is 0 Å². The first-order valence-electron chi connectivity index (χ1n) is 9.87. The van der Waals surface area contributed by atoms with E-state index in [-0.39, 0.29) is 18.0 Å². The maximum Gasteiger partial charge on any atom is 0.326 e. The molecule has 0 aliphatic heterocycles. The molecule has 0 aliphatic carbocycles. The van der Waals surface area contributed by atoms with Gasteiger partial charge in [-0.25, -0.2) is 9.78 Å². The number of nitrogens with zero attached hydrogens (tertiary/aromatic N) is 1. The molecule has 2 N–H and O–H groups in total. The van der Waals surface area contributed by atoms with Crippen molar-refractivity contribution in [2.24, 2.45) is 5.92 Å². The SMILES string of the molecule is CCc1cc2c(=O)c(-c3nc(C)cs3)coc2cc1OCC(=O)N[C@@H](C(=O)O)C(C)C. The Labute approximate surface area is 182 Å². The number of carboxylic acid groups (broad SMARTS) is 1. The van der Waals surface area contributed by atoms with Crippen LogP contribution in [0.3, 0.4) is 0 Å². The van der Waals surface area contributed by atoms with E-state index < -0.39 is 17.9 Å². The van der Waals surface area contributed by atoms with E-state index in [1.165, 1.54) is 17.6 Å². The van der Waals surface area contributed by atoms with Crippen molar-refractivity contribution in [3.8, 4) is 16.3 Å². The van der Waals surface area contributed by atoms with Crippen LogP contribution < -0.4 is 15.5 Å². The van der Waals surface area contributed by atoms with Gasteiger partial charge in [-0.1, -0.05) is 20.8 Å². The topological polar surface area (TPSA) is 119 Å². The second-order valence-corrected chi connectivity index (χ2v) is 8.36. The standard InChI is InChI=1S/C22H24N2O6S/c1-5-13-6-14-17(29-8-15(20(14)26)21-23-12(4)10-31-21)7-16(13)30-9-18(25)24-19(11(2)3)22(27)28/h6-8,10-11,19H,5,9H2,1-4H3,(H,24,25)(H,27,28)/t19-/m1/s1. The minimum absolute atomic E-state index is 0.184. The van der Waals surface area contributed by atoms with Crippen LogP contribution in [0.15, 0.2) is 33.0 Å². The van der Waals surface area contributed by atoms with Crippen LogP contribution >= 0.6 is 11.3 Å². The monoisotopic (exact) mass is 444 g/mol. The molecule has 0 spiro atoms. The number of carbonyl (C=O) groups excluding carboxylic acids is 1. The zero-order chi connectivity index (χ0) is 22.7. The van der Waals surface area contributed by atoms with Crippen molar-refractivity contribution in [1.29, 1.82) is 0 Å². The molecular formula is C22H24N2O6S. The summed E-state index contributed by atoms with van der Waals surface area (Å²) in [5.41, 5.74) is 2.11. The lowest BCUT2D eigenvalue weighted by molar-refractivity contribution is -0.143. The number of aliphatic carboxylic acids is 1. The van der Waals surface area contributed by atoms with E-state index in [9.17, 15) is 19.5 Å². The molecule has 31 heavy (non-hydrogen) atoms. The van der Waals surface area contributed by atoms with Crippen molar-refractivity contribution in [3.63, 3.8) is 0 Å². The molecule has 2 heterocycles. The molecule has 1 atom stereocenters. The average Bonchev–Trinajstić information content (AvgIpc) is 3.15. The molecule has 9 heteroatoms. The Morgan fingerprint density at radius 2 is 2.06 bits per heavy atom. The number of benzene rings is 1. The summed E-state index contributed by atoms with van der Waals surface area (Å²) in [5, 5.41) is 14.5. The number of carbonyl (C=O) groups is 2. The largest absolute Gasteiger partial charge is 0.483 e. The Bertz CT molecular complexity index is 1180. The normalized spacial score (nSPS) is 12.2. The Kier molecular flexibility index (Phi) is 6.74. The van der Waals surface area contributed by atoms with Gasteiger partial charge in [0.2, 0.25) is 5.43 Å². The summed E-state index contributed by atoms with van der Waals surface area (Å²) < 4.78 is 11.3. The van der Waals surface area contributed by atoms with E-state index in [0.717, 1.165) is 11.3 Å². The highest BCUT2D eigenvalue weighted by Crippen LogP contribution is 2.28. The van der Waals surface area contributed by atoms with E-state index in [2.05, 4.69) is 10.3 Å². The zero-order valence-electron chi connectivity index (χ0n) is 17.7. The number of hydrogen-bond acceptors (Lipinski definition) is 7. The van der Waals surface area contributed by atoms with Crippen molar-refractivity contribution in [2.45, 2.75) is 40.2 Å². The van der Waals surface area contributed by atoms with Crippen molar-refractivity contribution in [1.82, 2.24) is 10.3 Å². The molecule has 2 aromatic heterocycles. The van der Waals surface area contributed by atoms with Gasteiger partial charge in [0.05, 0.1) is 10.9 Å². The lowest BCUT2D eigenvalue weighted by atomic mass is 10.1. The van der Waals surface area contributed by atoms with Crippen LogP contribution in [0.25, 0.3) is 21.5 Å². The van der Waals surface area contributed by atoms with Gasteiger partial charge >= 0.3 is 5.97 Å². The molecule has 0 bridgehead atoms. The molecule has 3 aromatic rings. The van der Waals surface area contributed by atoms with E-state index in [1.54, 1.807) is 26.0 Å². The number of aryl methyl sites for hydroxylation is 2. The number of fused-ring (bicyclic) bond motifs is 1. The fourth-order valence-electron chi connectivity index (χ4n) is 3.11. The molecule has 0 fully saturated rings. The van der Waals surface area contributed by atoms with Crippen LogP contribution in [0.4, 0.5) is 0 Å². The quantitative estimate of drug-likeness (QED) is 0.547. The Morgan fingerprint density at radius 3 is 2.65 bits per heavy atom. The lowest BCUT2D eigenvalue weighted by Crippen LogP contribution is -2.46. The van der Waals surface area contributed by atoms with Gasteiger partial charge in [-0.2, -0.15) is 0 Å². The number of thiazole rings is 1. The highest BCUT2D eigenvalue weighted by Gasteiger charge is 2.23. The average molecular weight is 445 g/mol. The fraction of sp³-hybridized carbons (Fsp3) is 0.364. The van der Waals surface area contributed by atoms with Crippen LogP contribution in [0, 0.1) is 12.8 Å². The minimum Gasteiger partial charge on any atom is -0.483 e. The molecule has 0 saturated carbocycles. The Morgan fingerprint density at radius 1 is 1.32 bits per heavy atom. The van der Waals surface area contributed by atoms with Gasteiger partial charge in [0, 0.05) is 17.1 Å². The van der Waals surface area contributed by atoms with Gasteiger partial charge in [0.25, 0.3) is 5.91 Å². The number of carboxylic acids is 1. The molecule has 0 unspecified atom stereocenters. The van der Waals surface area contributed by atoms with Crippen molar-refractivity contribution in [2.75, 3.05) is 6.61 Å². The van der Waals surface area contributed by atoms with Crippen LogP contribution in [0.1, 0.15) is 32.0 Å². The molecule has 0 saturated heterocycles. The summed E-state index contributed by atoms with van der Waals surface area (Å²) in [5.74, 6) is -1.50. The minimum atomic E-state index is -1.10. The predicted octanol–water partition coefficient (Wildman–Crippen LogP) is 3.39. The summed E-state index contributed by atoms with van der Waals surface area (Å²) in [6.45, 7) is 6.83. The molecule has 8 nitrogen and oxygen atoms in total. The van der Waals surface area contributed by atoms with Crippen molar-refractivity contribution < 1.29 is 23.8 Å². The number of nitrogens with one attached hydrogen (secondary N) is 1. The van der Waals surface area contributed by atoms with Gasteiger partial charge in [-0.3, -0.25) is 9.59 Å². The summed E-state index contributed by atoms with van der Waals surface area (Å²) in [6, 6.07) is 2.29. The summed E-state index contributed by atoms with van der Waals surface area (Å²) in [4.78, 5) is 40.8. The molecule has 1 aromatic carbocycles. The van der Waals surface area contributed by atoms with Crippen molar-refractivity contribution in [3.05, 3.63) is 45.3 Å². The van der Waals surface area contributed by atoms with Gasteiger partial charge in [0.1, 0.15) is 28.6 Å². The van der Waals surface area contributed by atoms with Gasteiger partial charge in [-0.05, 0) is 30.9 Å². The number of ether oxygens (including phenoxy) is 1. The maximum atomic E-state index is 13.0. The summed E-state index contributed by atoms with van der Waals surface area (Å²) >= 11 is 1.38. The molecule has 164 valence electrons.